The normalized spacial score (nSPS) is 18.0. The first kappa shape index (κ1) is 27.1. The highest BCUT2D eigenvalue weighted by Crippen LogP contribution is 2.30. The number of para-hydroxylation sites is 2. The molecule has 3 amide bonds. The Balaban J connectivity index is 1.36. The van der Waals surface area contributed by atoms with Crippen LogP contribution in [-0.4, -0.2) is 101 Å². The molecule has 38 heavy (non-hydrogen) atoms. The van der Waals surface area contributed by atoms with E-state index in [2.05, 4.69) is 20.4 Å². The van der Waals surface area contributed by atoms with Gasteiger partial charge in [-0.05, 0) is 24.3 Å². The molecule has 0 unspecified atom stereocenters. The molecule has 11 nitrogen and oxygen atoms in total. The Bertz CT molecular complexity index is 1150. The minimum Gasteiger partial charge on any atom is -0.497 e. The fraction of sp³-hybridized carbons (Fsp3) is 0.444. The summed E-state index contributed by atoms with van der Waals surface area (Å²) in [7, 11) is 4.69. The molecule has 0 saturated carbocycles. The third-order valence-electron chi connectivity index (χ3n) is 6.87. The van der Waals surface area contributed by atoms with E-state index in [9.17, 15) is 14.4 Å². The van der Waals surface area contributed by atoms with E-state index >= 15 is 0 Å². The maximum atomic E-state index is 13.3. The molecule has 2 heterocycles. The van der Waals surface area contributed by atoms with Gasteiger partial charge in [-0.3, -0.25) is 19.3 Å². The summed E-state index contributed by atoms with van der Waals surface area (Å²) in [6, 6.07) is 12.1. The van der Waals surface area contributed by atoms with Crippen LogP contribution < -0.4 is 29.7 Å². The van der Waals surface area contributed by atoms with Crippen LogP contribution in [-0.2, 0) is 14.4 Å². The van der Waals surface area contributed by atoms with Crippen LogP contribution in [0.3, 0.4) is 0 Å². The Morgan fingerprint density at radius 3 is 2.39 bits per heavy atom. The smallest absolute Gasteiger partial charge is 0.243 e. The summed E-state index contributed by atoms with van der Waals surface area (Å²) in [4.78, 5) is 44.8. The molecule has 0 radical (unpaired) electrons. The molecule has 0 bridgehead atoms. The number of piperazine rings is 2. The number of carbonyl (C=O) groups excluding carboxylic acids is 3. The van der Waals surface area contributed by atoms with Gasteiger partial charge in [0.1, 0.15) is 23.3 Å². The van der Waals surface area contributed by atoms with Crippen molar-refractivity contribution in [1.29, 1.82) is 0 Å². The van der Waals surface area contributed by atoms with Crippen LogP contribution in [0.15, 0.2) is 42.5 Å². The number of carbonyl (C=O) groups is 3. The average molecular weight is 526 g/mol. The van der Waals surface area contributed by atoms with Crippen molar-refractivity contribution in [2.24, 2.45) is 0 Å². The summed E-state index contributed by atoms with van der Waals surface area (Å²) in [5.41, 5.74) is 1.46. The van der Waals surface area contributed by atoms with Gasteiger partial charge in [0.05, 0.1) is 45.7 Å². The second-order valence-electron chi connectivity index (χ2n) is 9.15. The van der Waals surface area contributed by atoms with Crippen molar-refractivity contribution in [1.82, 2.24) is 15.1 Å². The largest absolute Gasteiger partial charge is 0.497 e. The first-order valence-corrected chi connectivity index (χ1v) is 12.6. The van der Waals surface area contributed by atoms with Crippen LogP contribution in [0.25, 0.3) is 0 Å². The number of ether oxygens (including phenoxy) is 3. The monoisotopic (exact) mass is 525 g/mol. The van der Waals surface area contributed by atoms with Crippen molar-refractivity contribution >= 4 is 29.1 Å². The Morgan fingerprint density at radius 1 is 0.947 bits per heavy atom. The predicted molar refractivity (Wildman–Crippen MR) is 143 cm³/mol. The highest BCUT2D eigenvalue weighted by Gasteiger charge is 2.35. The Labute approximate surface area is 222 Å². The molecule has 2 aliphatic rings. The zero-order valence-electron chi connectivity index (χ0n) is 22.1. The first-order valence-electron chi connectivity index (χ1n) is 12.6. The summed E-state index contributed by atoms with van der Waals surface area (Å²) < 4.78 is 16.0. The van der Waals surface area contributed by atoms with E-state index in [1.807, 2.05) is 24.3 Å². The van der Waals surface area contributed by atoms with Gasteiger partial charge < -0.3 is 34.6 Å². The Morgan fingerprint density at radius 2 is 1.68 bits per heavy atom. The molecule has 2 saturated heterocycles. The fourth-order valence-electron chi connectivity index (χ4n) is 4.82. The molecule has 4 rings (SSSR count). The lowest BCUT2D eigenvalue weighted by atomic mass is 10.1. The van der Waals surface area contributed by atoms with Crippen molar-refractivity contribution in [2.75, 3.05) is 77.4 Å². The molecular formula is C27H35N5O6. The summed E-state index contributed by atoms with van der Waals surface area (Å²) >= 11 is 0. The molecule has 2 aliphatic heterocycles. The SMILES string of the molecule is COc1ccc(OC)c(NC(=O)C[C@H]2C(=O)NCCN2C(=O)CN2CCN(c3ccccc3OC)CC2)c1. The van der Waals surface area contributed by atoms with E-state index in [-0.39, 0.29) is 24.8 Å². The molecule has 0 aromatic heterocycles. The van der Waals surface area contributed by atoms with Crippen LogP contribution in [0, 0.1) is 0 Å². The van der Waals surface area contributed by atoms with Crippen LogP contribution in [0.5, 0.6) is 17.2 Å². The van der Waals surface area contributed by atoms with Gasteiger partial charge in [-0.25, -0.2) is 0 Å². The Hall–Kier alpha value is -3.99. The fourth-order valence-corrected chi connectivity index (χ4v) is 4.82. The molecule has 2 aromatic rings. The zero-order valence-corrected chi connectivity index (χ0v) is 22.1. The molecular weight excluding hydrogens is 490 g/mol. The van der Waals surface area contributed by atoms with Gasteiger partial charge in [0.25, 0.3) is 0 Å². The average Bonchev–Trinajstić information content (AvgIpc) is 2.94. The second kappa shape index (κ2) is 12.5. The number of nitrogens with zero attached hydrogens (tertiary/aromatic N) is 3. The van der Waals surface area contributed by atoms with Gasteiger partial charge in [-0.15, -0.1) is 0 Å². The van der Waals surface area contributed by atoms with Crippen molar-refractivity contribution in [3.05, 3.63) is 42.5 Å². The third kappa shape index (κ3) is 6.28. The molecule has 11 heteroatoms. The number of methoxy groups -OCH3 is 3. The van der Waals surface area contributed by atoms with E-state index in [1.54, 1.807) is 25.3 Å². The molecule has 2 aromatic carbocycles. The van der Waals surface area contributed by atoms with Crippen molar-refractivity contribution in [3.63, 3.8) is 0 Å². The maximum Gasteiger partial charge on any atom is 0.243 e. The lowest BCUT2D eigenvalue weighted by Gasteiger charge is -2.39. The van der Waals surface area contributed by atoms with E-state index in [4.69, 9.17) is 14.2 Å². The van der Waals surface area contributed by atoms with Crippen molar-refractivity contribution in [2.45, 2.75) is 12.5 Å². The van der Waals surface area contributed by atoms with E-state index < -0.39 is 11.9 Å². The summed E-state index contributed by atoms with van der Waals surface area (Å²) in [6.07, 6.45) is -0.167. The van der Waals surface area contributed by atoms with Gasteiger partial charge in [-0.2, -0.15) is 0 Å². The minimum absolute atomic E-state index is 0.164. The van der Waals surface area contributed by atoms with E-state index in [1.165, 1.54) is 19.1 Å². The molecule has 2 N–H and O–H groups in total. The maximum absolute atomic E-state index is 13.3. The Kier molecular flexibility index (Phi) is 8.90. The molecule has 2 fully saturated rings. The standard InChI is InChI=1S/C27H35N5O6/c1-36-19-8-9-23(37-2)20(16-19)29-25(33)17-22-27(35)28-10-11-32(22)26(34)18-30-12-14-31(15-13-30)21-6-4-5-7-24(21)38-3/h4-9,16,22H,10-15,17-18H2,1-3H3,(H,28,35)(H,29,33)/t22-/m0/s1. The van der Waals surface area contributed by atoms with Crippen molar-refractivity contribution in [3.8, 4) is 17.2 Å². The number of rotatable bonds is 9. The second-order valence-corrected chi connectivity index (χ2v) is 9.15. The number of hydrogen-bond acceptors (Lipinski definition) is 8. The summed E-state index contributed by atoms with van der Waals surface area (Å²) in [5, 5.41) is 5.56. The number of benzene rings is 2. The molecule has 1 atom stereocenters. The molecule has 0 aliphatic carbocycles. The first-order chi connectivity index (χ1) is 18.4. The van der Waals surface area contributed by atoms with Gasteiger partial charge >= 0.3 is 0 Å². The van der Waals surface area contributed by atoms with Crippen molar-refractivity contribution < 1.29 is 28.6 Å². The highest BCUT2D eigenvalue weighted by atomic mass is 16.5. The van der Waals surface area contributed by atoms with Gasteiger partial charge in [0.15, 0.2) is 0 Å². The van der Waals surface area contributed by atoms with Gasteiger partial charge in [0.2, 0.25) is 17.7 Å². The van der Waals surface area contributed by atoms with Gasteiger partial charge in [0, 0.05) is 45.3 Å². The lowest BCUT2D eigenvalue weighted by Crippen LogP contribution is -2.60. The summed E-state index contributed by atoms with van der Waals surface area (Å²) in [5.74, 6) is 0.943. The van der Waals surface area contributed by atoms with Gasteiger partial charge in [-0.1, -0.05) is 12.1 Å². The van der Waals surface area contributed by atoms with Crippen LogP contribution in [0.2, 0.25) is 0 Å². The quantitative estimate of drug-likeness (QED) is 0.502. The van der Waals surface area contributed by atoms with E-state index in [0.717, 1.165) is 24.5 Å². The number of hydrogen-bond donors (Lipinski definition) is 2. The summed E-state index contributed by atoms with van der Waals surface area (Å²) in [6.45, 7) is 3.80. The minimum atomic E-state index is -0.886. The zero-order chi connectivity index (χ0) is 27.1. The number of anilines is 2. The lowest BCUT2D eigenvalue weighted by molar-refractivity contribution is -0.145. The molecule has 204 valence electrons. The predicted octanol–water partition coefficient (Wildman–Crippen LogP) is 1.19. The van der Waals surface area contributed by atoms with E-state index in [0.29, 0.717) is 43.4 Å². The third-order valence-corrected chi connectivity index (χ3v) is 6.87. The molecule has 0 spiro atoms. The topological polar surface area (TPSA) is 113 Å². The number of nitrogens with one attached hydrogen (secondary N) is 2. The number of amides is 3. The van der Waals surface area contributed by atoms with Crippen LogP contribution in [0.4, 0.5) is 11.4 Å². The van der Waals surface area contributed by atoms with Crippen LogP contribution in [0.1, 0.15) is 6.42 Å². The highest BCUT2D eigenvalue weighted by molar-refractivity contribution is 5.98. The van der Waals surface area contributed by atoms with Crippen LogP contribution >= 0.6 is 0 Å².